The lowest BCUT2D eigenvalue weighted by molar-refractivity contribution is 0.0922. The normalized spacial score (nSPS) is 26.3. The molecule has 2 bridgehead atoms. The van der Waals surface area contributed by atoms with Crippen LogP contribution in [0.3, 0.4) is 0 Å². The van der Waals surface area contributed by atoms with Gasteiger partial charge in [-0.1, -0.05) is 18.3 Å². The Morgan fingerprint density at radius 1 is 1.38 bits per heavy atom. The van der Waals surface area contributed by atoms with Crippen molar-refractivity contribution in [2.75, 3.05) is 6.61 Å². The Bertz CT molecular complexity index is 617. The maximum Gasteiger partial charge on any atom is 0.251 e. The average molecular weight is 287 g/mol. The van der Waals surface area contributed by atoms with Crippen LogP contribution in [-0.4, -0.2) is 23.7 Å². The predicted molar refractivity (Wildman–Crippen MR) is 77.1 cm³/mol. The second-order valence-corrected chi connectivity index (χ2v) is 5.91. The van der Waals surface area contributed by atoms with Crippen molar-refractivity contribution in [2.45, 2.75) is 31.7 Å². The molecule has 110 valence electrons. The van der Waals surface area contributed by atoms with Crippen LogP contribution in [0.4, 0.5) is 4.39 Å². The number of rotatable bonds is 2. The molecule has 4 heteroatoms. The van der Waals surface area contributed by atoms with Crippen molar-refractivity contribution in [3.8, 4) is 11.8 Å². The van der Waals surface area contributed by atoms with Gasteiger partial charge < -0.3 is 10.4 Å². The van der Waals surface area contributed by atoms with E-state index in [1.54, 1.807) is 6.07 Å². The van der Waals surface area contributed by atoms with E-state index in [4.69, 9.17) is 5.11 Å². The maximum atomic E-state index is 13.8. The fourth-order valence-corrected chi connectivity index (χ4v) is 3.57. The minimum atomic E-state index is -0.531. The van der Waals surface area contributed by atoms with E-state index in [1.807, 2.05) is 0 Å². The molecular formula is C17H18FNO2. The summed E-state index contributed by atoms with van der Waals surface area (Å²) >= 11 is 0. The smallest absolute Gasteiger partial charge is 0.251 e. The summed E-state index contributed by atoms with van der Waals surface area (Å²) in [5, 5.41) is 11.6. The number of nitrogens with one attached hydrogen (secondary N) is 1. The van der Waals surface area contributed by atoms with Gasteiger partial charge in [-0.15, -0.1) is 0 Å². The molecule has 2 aliphatic rings. The highest BCUT2D eigenvalue weighted by Crippen LogP contribution is 2.44. The van der Waals surface area contributed by atoms with Crippen molar-refractivity contribution in [3.05, 3.63) is 35.1 Å². The summed E-state index contributed by atoms with van der Waals surface area (Å²) in [4.78, 5) is 12.2. The summed E-state index contributed by atoms with van der Waals surface area (Å²) in [6, 6.07) is 4.51. The van der Waals surface area contributed by atoms with Crippen LogP contribution in [0.15, 0.2) is 18.2 Å². The predicted octanol–water partition coefficient (Wildman–Crippen LogP) is 2.09. The number of benzene rings is 1. The lowest BCUT2D eigenvalue weighted by Gasteiger charge is -2.22. The quantitative estimate of drug-likeness (QED) is 0.818. The highest BCUT2D eigenvalue weighted by Gasteiger charge is 2.40. The largest absolute Gasteiger partial charge is 0.384 e. The zero-order valence-corrected chi connectivity index (χ0v) is 11.7. The Morgan fingerprint density at radius 2 is 2.24 bits per heavy atom. The van der Waals surface area contributed by atoms with Crippen LogP contribution in [0.25, 0.3) is 0 Å². The van der Waals surface area contributed by atoms with Crippen LogP contribution in [-0.2, 0) is 0 Å². The summed E-state index contributed by atoms with van der Waals surface area (Å²) in [6.07, 6.45) is 4.75. The molecule has 1 aromatic rings. The van der Waals surface area contributed by atoms with E-state index in [9.17, 15) is 9.18 Å². The standard InChI is InChI=1S/C17H18FNO2/c18-15-10-14(6-5-12(15)2-1-7-20)17(21)19-16-9-11-3-4-13(16)8-11/h5-6,10-11,13,16,20H,3-4,7-9H2,(H,19,21). The summed E-state index contributed by atoms with van der Waals surface area (Å²) in [5.74, 6) is 5.52. The fourth-order valence-electron chi connectivity index (χ4n) is 3.57. The number of fused-ring (bicyclic) bond motifs is 2. The second-order valence-electron chi connectivity index (χ2n) is 5.91. The molecule has 3 unspecified atom stereocenters. The molecule has 2 fully saturated rings. The first kappa shape index (κ1) is 14.1. The van der Waals surface area contributed by atoms with Crippen LogP contribution in [0, 0.1) is 29.5 Å². The molecule has 0 aliphatic heterocycles. The Labute approximate surface area is 123 Å². The lowest BCUT2D eigenvalue weighted by Crippen LogP contribution is -2.38. The third kappa shape index (κ3) is 2.93. The molecule has 0 radical (unpaired) electrons. The Balaban J connectivity index is 1.69. The van der Waals surface area contributed by atoms with Crippen molar-refractivity contribution in [1.29, 1.82) is 0 Å². The van der Waals surface area contributed by atoms with Gasteiger partial charge in [0.15, 0.2) is 0 Å². The van der Waals surface area contributed by atoms with Gasteiger partial charge in [-0.05, 0) is 49.3 Å². The van der Waals surface area contributed by atoms with E-state index in [1.165, 1.54) is 31.4 Å². The summed E-state index contributed by atoms with van der Waals surface area (Å²) in [5.41, 5.74) is 0.519. The molecule has 1 aromatic carbocycles. The number of hydrogen-bond donors (Lipinski definition) is 2. The van der Waals surface area contributed by atoms with E-state index in [0.717, 1.165) is 12.3 Å². The summed E-state index contributed by atoms with van der Waals surface area (Å²) < 4.78 is 13.8. The number of carbonyl (C=O) groups excluding carboxylic acids is 1. The van der Waals surface area contributed by atoms with Crippen molar-refractivity contribution in [3.63, 3.8) is 0 Å². The van der Waals surface area contributed by atoms with Crippen LogP contribution >= 0.6 is 0 Å². The van der Waals surface area contributed by atoms with E-state index >= 15 is 0 Å². The minimum Gasteiger partial charge on any atom is -0.384 e. The number of amides is 1. The molecule has 2 aliphatic carbocycles. The molecule has 0 heterocycles. The molecule has 2 saturated carbocycles. The number of hydrogen-bond acceptors (Lipinski definition) is 2. The third-order valence-corrected chi connectivity index (χ3v) is 4.59. The van der Waals surface area contributed by atoms with Gasteiger partial charge in [-0.2, -0.15) is 0 Å². The topological polar surface area (TPSA) is 49.3 Å². The average Bonchev–Trinajstić information content (AvgIpc) is 3.08. The number of halogens is 1. The Hall–Kier alpha value is -1.86. The molecule has 21 heavy (non-hydrogen) atoms. The first-order chi connectivity index (χ1) is 10.2. The maximum absolute atomic E-state index is 13.8. The van der Waals surface area contributed by atoms with E-state index < -0.39 is 5.82 Å². The van der Waals surface area contributed by atoms with E-state index in [2.05, 4.69) is 17.2 Å². The van der Waals surface area contributed by atoms with Gasteiger partial charge in [0.1, 0.15) is 12.4 Å². The van der Waals surface area contributed by atoms with Gasteiger partial charge in [-0.25, -0.2) is 4.39 Å². The van der Waals surface area contributed by atoms with Crippen molar-refractivity contribution in [2.24, 2.45) is 11.8 Å². The summed E-state index contributed by atoms with van der Waals surface area (Å²) in [6.45, 7) is -0.314. The van der Waals surface area contributed by atoms with Crippen LogP contribution < -0.4 is 5.32 Å². The number of carbonyl (C=O) groups is 1. The third-order valence-electron chi connectivity index (χ3n) is 4.59. The van der Waals surface area contributed by atoms with Gasteiger partial charge >= 0.3 is 0 Å². The molecule has 3 rings (SSSR count). The van der Waals surface area contributed by atoms with E-state index in [0.29, 0.717) is 11.5 Å². The highest BCUT2D eigenvalue weighted by atomic mass is 19.1. The Kier molecular flexibility index (Phi) is 3.94. The molecule has 0 spiro atoms. The molecule has 2 N–H and O–H groups in total. The van der Waals surface area contributed by atoms with Crippen LogP contribution in [0.5, 0.6) is 0 Å². The molecule has 1 amide bonds. The van der Waals surface area contributed by atoms with Gasteiger partial charge in [-0.3, -0.25) is 4.79 Å². The molecule has 3 nitrogen and oxygen atoms in total. The highest BCUT2D eigenvalue weighted by molar-refractivity contribution is 5.94. The van der Waals surface area contributed by atoms with Crippen LogP contribution in [0.1, 0.15) is 41.6 Å². The summed E-state index contributed by atoms with van der Waals surface area (Å²) in [7, 11) is 0. The van der Waals surface area contributed by atoms with Crippen molar-refractivity contribution >= 4 is 5.91 Å². The number of aliphatic hydroxyl groups is 1. The SMILES string of the molecule is O=C(NC1CC2CCC1C2)c1ccc(C#CCO)c(F)c1. The fraction of sp³-hybridized carbons (Fsp3) is 0.471. The van der Waals surface area contributed by atoms with Gasteiger partial charge in [0, 0.05) is 11.6 Å². The first-order valence-electron chi connectivity index (χ1n) is 7.37. The minimum absolute atomic E-state index is 0.195. The second kappa shape index (κ2) is 5.87. The van der Waals surface area contributed by atoms with Crippen molar-refractivity contribution < 1.29 is 14.3 Å². The first-order valence-corrected chi connectivity index (χ1v) is 7.37. The van der Waals surface area contributed by atoms with Crippen molar-refractivity contribution in [1.82, 2.24) is 5.32 Å². The zero-order valence-electron chi connectivity index (χ0n) is 11.7. The molecule has 0 aromatic heterocycles. The lowest BCUT2D eigenvalue weighted by atomic mass is 9.95. The van der Waals surface area contributed by atoms with Crippen LogP contribution in [0.2, 0.25) is 0 Å². The zero-order chi connectivity index (χ0) is 14.8. The monoisotopic (exact) mass is 287 g/mol. The van der Waals surface area contributed by atoms with Gasteiger partial charge in [0.2, 0.25) is 0 Å². The molecule has 3 atom stereocenters. The van der Waals surface area contributed by atoms with Gasteiger partial charge in [0.25, 0.3) is 5.91 Å². The van der Waals surface area contributed by atoms with E-state index in [-0.39, 0.29) is 24.1 Å². The molecular weight excluding hydrogens is 269 g/mol. The number of aliphatic hydroxyl groups excluding tert-OH is 1. The Morgan fingerprint density at radius 3 is 2.86 bits per heavy atom. The van der Waals surface area contributed by atoms with Gasteiger partial charge in [0.05, 0.1) is 5.56 Å². The molecule has 0 saturated heterocycles.